The van der Waals surface area contributed by atoms with Gasteiger partial charge in [-0.05, 0) is 12.1 Å². The van der Waals surface area contributed by atoms with Crippen molar-refractivity contribution in [2.45, 2.75) is 5.16 Å². The number of methoxy groups -OCH3 is 2. The maximum atomic E-state index is 11.1. The lowest BCUT2D eigenvalue weighted by molar-refractivity contribution is -0.137. The minimum absolute atomic E-state index is 0.157. The number of imidazole rings is 1. The monoisotopic (exact) mass is 280 g/mol. The first-order chi connectivity index (χ1) is 9.19. The van der Waals surface area contributed by atoms with Gasteiger partial charge < -0.3 is 14.5 Å². The molecule has 2 aromatic rings. The largest absolute Gasteiger partial charge is 0.496 e. The molecule has 0 amide bonds. The predicted molar refractivity (Wildman–Crippen MR) is 70.8 cm³/mol. The van der Waals surface area contributed by atoms with Gasteiger partial charge in [-0.25, -0.2) is 4.98 Å². The van der Waals surface area contributed by atoms with E-state index < -0.39 is 0 Å². The number of rotatable bonds is 5. The van der Waals surface area contributed by atoms with Gasteiger partial charge in [0.2, 0.25) is 0 Å². The fraction of sp³-hybridized carbons (Fsp3) is 0.250. The molecule has 1 heterocycles. The molecule has 0 bridgehead atoms. The number of thioether (sulfide) groups is 1. The Morgan fingerprint density at radius 1 is 1.47 bits per heavy atom. The smallest absolute Gasteiger partial charge is 0.316 e. The molecule has 0 aliphatic carbocycles. The third-order valence-corrected chi connectivity index (χ3v) is 3.37. The van der Waals surface area contributed by atoms with E-state index >= 15 is 0 Å². The lowest BCUT2D eigenvalue weighted by Gasteiger charge is -2.02. The number of ether oxygens (including phenoxy) is 2. The van der Waals surface area contributed by atoms with Crippen LogP contribution in [-0.2, 0) is 9.53 Å². The Morgan fingerprint density at radius 3 is 2.89 bits per heavy atom. The Morgan fingerprint density at radius 2 is 2.26 bits per heavy atom. The Kier molecular flexibility index (Phi) is 4.06. The van der Waals surface area contributed by atoms with Gasteiger partial charge in [0.25, 0.3) is 0 Å². The molecule has 0 unspecified atom stereocenters. The van der Waals surface area contributed by atoms with Crippen molar-refractivity contribution < 1.29 is 19.1 Å². The zero-order chi connectivity index (χ0) is 13.8. The Hall–Kier alpha value is -2.02. The number of nitrogens with zero attached hydrogens (tertiary/aromatic N) is 1. The number of carbonyl (C=O) groups is 2. The molecule has 0 spiro atoms. The van der Waals surface area contributed by atoms with Gasteiger partial charge in [-0.2, -0.15) is 0 Å². The molecule has 0 fully saturated rings. The van der Waals surface area contributed by atoms with Crippen LogP contribution in [0.5, 0.6) is 5.75 Å². The topological polar surface area (TPSA) is 81.3 Å². The number of aromatic nitrogens is 2. The standard InChI is InChI=1S/C12H12N2O4S/c1-17-9-4-3-8-11(7(9)5-15)14-12(13-8)19-6-10(16)18-2/h3-5H,6H2,1-2H3,(H,13,14). The maximum absolute atomic E-state index is 11.1. The summed E-state index contributed by atoms with van der Waals surface area (Å²) in [5.74, 6) is 0.293. The summed E-state index contributed by atoms with van der Waals surface area (Å²) in [7, 11) is 2.82. The van der Waals surface area contributed by atoms with Gasteiger partial charge in [-0.3, -0.25) is 9.59 Å². The van der Waals surface area contributed by atoms with Crippen LogP contribution in [0.15, 0.2) is 17.3 Å². The minimum atomic E-state index is -0.335. The quantitative estimate of drug-likeness (QED) is 0.509. The van der Waals surface area contributed by atoms with Crippen LogP contribution < -0.4 is 4.74 Å². The van der Waals surface area contributed by atoms with Gasteiger partial charge in [-0.1, -0.05) is 11.8 Å². The third-order valence-electron chi connectivity index (χ3n) is 2.52. The van der Waals surface area contributed by atoms with Crippen molar-refractivity contribution in [1.29, 1.82) is 0 Å². The fourth-order valence-corrected chi connectivity index (χ4v) is 2.31. The normalized spacial score (nSPS) is 10.4. The zero-order valence-electron chi connectivity index (χ0n) is 10.4. The van der Waals surface area contributed by atoms with E-state index in [0.29, 0.717) is 28.3 Å². The van der Waals surface area contributed by atoms with Crippen LogP contribution in [0, 0.1) is 0 Å². The summed E-state index contributed by atoms with van der Waals surface area (Å²) in [4.78, 5) is 29.5. The molecule has 1 aromatic carbocycles. The van der Waals surface area contributed by atoms with Crippen molar-refractivity contribution in [2.75, 3.05) is 20.0 Å². The SMILES string of the molecule is COC(=O)CSc1nc2c(C=O)c(OC)ccc2[nH]1. The van der Waals surface area contributed by atoms with Gasteiger partial charge in [0.15, 0.2) is 11.4 Å². The highest BCUT2D eigenvalue weighted by molar-refractivity contribution is 7.99. The fourth-order valence-electron chi connectivity index (χ4n) is 1.60. The summed E-state index contributed by atoms with van der Waals surface area (Å²) >= 11 is 1.21. The van der Waals surface area contributed by atoms with Crippen molar-refractivity contribution in [3.63, 3.8) is 0 Å². The maximum Gasteiger partial charge on any atom is 0.316 e. The number of nitrogens with one attached hydrogen (secondary N) is 1. The summed E-state index contributed by atoms with van der Waals surface area (Å²) in [6.45, 7) is 0. The van der Waals surface area contributed by atoms with Crippen molar-refractivity contribution in [3.05, 3.63) is 17.7 Å². The van der Waals surface area contributed by atoms with Crippen LogP contribution in [0.1, 0.15) is 10.4 Å². The molecular weight excluding hydrogens is 268 g/mol. The van der Waals surface area contributed by atoms with E-state index in [4.69, 9.17) is 4.74 Å². The number of esters is 1. The van der Waals surface area contributed by atoms with Gasteiger partial charge >= 0.3 is 5.97 Å². The lowest BCUT2D eigenvalue weighted by Crippen LogP contribution is -2.03. The lowest BCUT2D eigenvalue weighted by atomic mass is 10.2. The summed E-state index contributed by atoms with van der Waals surface area (Å²) < 4.78 is 9.65. The molecule has 6 nitrogen and oxygen atoms in total. The van der Waals surface area contributed by atoms with Gasteiger partial charge in [0.1, 0.15) is 11.3 Å². The first-order valence-electron chi connectivity index (χ1n) is 5.41. The molecule has 0 saturated heterocycles. The van der Waals surface area contributed by atoms with E-state index in [-0.39, 0.29) is 11.7 Å². The molecule has 1 aromatic heterocycles. The van der Waals surface area contributed by atoms with E-state index in [1.54, 1.807) is 12.1 Å². The number of benzene rings is 1. The second kappa shape index (κ2) is 5.75. The highest BCUT2D eigenvalue weighted by Gasteiger charge is 2.13. The van der Waals surface area contributed by atoms with E-state index in [1.807, 2.05) is 0 Å². The van der Waals surface area contributed by atoms with Gasteiger partial charge in [0, 0.05) is 0 Å². The van der Waals surface area contributed by atoms with Crippen LogP contribution in [0.4, 0.5) is 0 Å². The van der Waals surface area contributed by atoms with Crippen molar-refractivity contribution in [2.24, 2.45) is 0 Å². The third kappa shape index (κ3) is 2.70. The molecule has 0 saturated carbocycles. The number of hydrogen-bond donors (Lipinski definition) is 1. The van der Waals surface area contributed by atoms with Gasteiger partial charge in [-0.15, -0.1) is 0 Å². The van der Waals surface area contributed by atoms with Crippen molar-refractivity contribution >= 4 is 35.1 Å². The molecule has 2 rings (SSSR count). The van der Waals surface area contributed by atoms with Crippen LogP contribution >= 0.6 is 11.8 Å². The van der Waals surface area contributed by atoms with E-state index in [1.165, 1.54) is 26.0 Å². The molecule has 19 heavy (non-hydrogen) atoms. The predicted octanol–water partition coefficient (Wildman–Crippen LogP) is 1.65. The second-order valence-electron chi connectivity index (χ2n) is 3.60. The van der Waals surface area contributed by atoms with Gasteiger partial charge in [0.05, 0.1) is 31.1 Å². The molecule has 0 atom stereocenters. The van der Waals surface area contributed by atoms with Crippen molar-refractivity contribution in [3.8, 4) is 5.75 Å². The van der Waals surface area contributed by atoms with Crippen LogP contribution in [0.2, 0.25) is 0 Å². The molecule has 0 radical (unpaired) electrons. The molecular formula is C12H12N2O4S. The number of hydrogen-bond acceptors (Lipinski definition) is 6. The van der Waals surface area contributed by atoms with Crippen molar-refractivity contribution in [1.82, 2.24) is 9.97 Å². The van der Waals surface area contributed by atoms with Crippen LogP contribution in [0.3, 0.4) is 0 Å². The van der Waals surface area contributed by atoms with E-state index in [2.05, 4.69) is 14.7 Å². The Labute approximate surface area is 113 Å². The number of aldehydes is 1. The number of H-pyrrole nitrogens is 1. The number of carbonyl (C=O) groups excluding carboxylic acids is 2. The first-order valence-corrected chi connectivity index (χ1v) is 6.39. The summed E-state index contributed by atoms with van der Waals surface area (Å²) in [6.07, 6.45) is 0.705. The highest BCUT2D eigenvalue weighted by Crippen LogP contribution is 2.27. The number of fused-ring (bicyclic) bond motifs is 1. The second-order valence-corrected chi connectivity index (χ2v) is 4.57. The molecule has 100 valence electrons. The highest BCUT2D eigenvalue weighted by atomic mass is 32.2. The summed E-state index contributed by atoms with van der Waals surface area (Å²) in [5, 5.41) is 0.553. The molecule has 0 aliphatic heterocycles. The first kappa shape index (κ1) is 13.4. The average molecular weight is 280 g/mol. The van der Waals surface area contributed by atoms with Crippen LogP contribution in [-0.4, -0.2) is 42.2 Å². The Balaban J connectivity index is 2.34. The average Bonchev–Trinajstić information content (AvgIpc) is 2.86. The minimum Gasteiger partial charge on any atom is -0.496 e. The summed E-state index contributed by atoms with van der Waals surface area (Å²) in [5.41, 5.74) is 1.64. The molecule has 1 N–H and O–H groups in total. The molecule has 7 heteroatoms. The van der Waals surface area contributed by atoms with E-state index in [0.717, 1.165) is 5.52 Å². The number of aromatic amines is 1. The molecule has 0 aliphatic rings. The van der Waals surface area contributed by atoms with E-state index in [9.17, 15) is 9.59 Å². The summed E-state index contributed by atoms with van der Waals surface area (Å²) in [6, 6.07) is 3.47. The zero-order valence-corrected chi connectivity index (χ0v) is 11.2. The Bertz CT molecular complexity index is 623. The van der Waals surface area contributed by atoms with Crippen LogP contribution in [0.25, 0.3) is 11.0 Å².